The van der Waals surface area contributed by atoms with E-state index in [1.54, 1.807) is 0 Å². The van der Waals surface area contributed by atoms with Gasteiger partial charge in [-0.25, -0.2) is 0 Å². The van der Waals surface area contributed by atoms with E-state index in [9.17, 15) is 14.4 Å². The second-order valence-electron chi connectivity index (χ2n) is 23.1. The van der Waals surface area contributed by atoms with Crippen LogP contribution in [0.5, 0.6) is 0 Å². The quantitative estimate of drug-likeness (QED) is 0.0261. The first-order valence-corrected chi connectivity index (χ1v) is 33.8. The first-order valence-electron chi connectivity index (χ1n) is 33.8. The van der Waals surface area contributed by atoms with Gasteiger partial charge in [0.25, 0.3) is 0 Å². The van der Waals surface area contributed by atoms with Gasteiger partial charge >= 0.3 is 17.9 Å². The average molecular weight is 1060 g/mol. The minimum Gasteiger partial charge on any atom is -0.462 e. The summed E-state index contributed by atoms with van der Waals surface area (Å²) in [6.45, 7) is 6.69. The van der Waals surface area contributed by atoms with E-state index in [4.69, 9.17) is 14.2 Å². The molecule has 0 aliphatic heterocycles. The van der Waals surface area contributed by atoms with Crippen molar-refractivity contribution in [2.75, 3.05) is 13.2 Å². The fourth-order valence-electron chi connectivity index (χ4n) is 10.4. The molecule has 75 heavy (non-hydrogen) atoms. The molecule has 0 spiro atoms. The fraction of sp³-hybridized carbons (Fsp3) is 0.899. The van der Waals surface area contributed by atoms with Gasteiger partial charge in [-0.2, -0.15) is 0 Å². The zero-order chi connectivity index (χ0) is 54.3. The number of unbranched alkanes of at least 4 members (excludes halogenated alkanes) is 48. The third kappa shape index (κ3) is 62.6. The summed E-state index contributed by atoms with van der Waals surface area (Å²) in [5, 5.41) is 0. The Morgan fingerprint density at radius 1 is 0.267 bits per heavy atom. The molecule has 0 aromatic heterocycles. The Balaban J connectivity index is 4.29. The number of carbonyl (C=O) groups excluding carboxylic acids is 3. The van der Waals surface area contributed by atoms with Crippen molar-refractivity contribution in [3.63, 3.8) is 0 Å². The number of allylic oxidation sites excluding steroid dienone is 4. The van der Waals surface area contributed by atoms with Crippen LogP contribution in [-0.4, -0.2) is 37.2 Å². The van der Waals surface area contributed by atoms with Gasteiger partial charge in [0, 0.05) is 19.3 Å². The normalized spacial score (nSPS) is 12.1. The van der Waals surface area contributed by atoms with Crippen LogP contribution >= 0.6 is 0 Å². The van der Waals surface area contributed by atoms with Crippen LogP contribution in [0.1, 0.15) is 380 Å². The number of esters is 3. The molecule has 442 valence electrons. The van der Waals surface area contributed by atoms with E-state index in [0.29, 0.717) is 19.3 Å². The minimum atomic E-state index is -0.772. The van der Waals surface area contributed by atoms with Gasteiger partial charge in [-0.3, -0.25) is 14.4 Å². The molecule has 6 heteroatoms. The van der Waals surface area contributed by atoms with Crippen LogP contribution in [0.4, 0.5) is 0 Å². The van der Waals surface area contributed by atoms with Crippen molar-refractivity contribution in [3.05, 3.63) is 24.3 Å². The summed E-state index contributed by atoms with van der Waals surface area (Å²) in [5.41, 5.74) is 0. The topological polar surface area (TPSA) is 78.9 Å². The maximum atomic E-state index is 12.9. The van der Waals surface area contributed by atoms with Gasteiger partial charge in [0.1, 0.15) is 13.2 Å². The lowest BCUT2D eigenvalue weighted by molar-refractivity contribution is -0.167. The van der Waals surface area contributed by atoms with Crippen molar-refractivity contribution in [2.24, 2.45) is 0 Å². The third-order valence-electron chi connectivity index (χ3n) is 15.5. The summed E-state index contributed by atoms with van der Waals surface area (Å²) < 4.78 is 17.0. The van der Waals surface area contributed by atoms with E-state index in [2.05, 4.69) is 45.1 Å². The van der Waals surface area contributed by atoms with Crippen molar-refractivity contribution < 1.29 is 28.6 Å². The Labute approximate surface area is 468 Å². The van der Waals surface area contributed by atoms with E-state index in [1.807, 2.05) is 0 Å². The van der Waals surface area contributed by atoms with Crippen LogP contribution in [0.2, 0.25) is 0 Å². The summed E-state index contributed by atoms with van der Waals surface area (Å²) in [4.78, 5) is 38.4. The molecule has 0 aliphatic carbocycles. The number of ether oxygens (including phenoxy) is 3. The molecule has 0 radical (unpaired) electrons. The summed E-state index contributed by atoms with van der Waals surface area (Å²) in [7, 11) is 0. The van der Waals surface area contributed by atoms with Crippen molar-refractivity contribution in [2.45, 2.75) is 386 Å². The second-order valence-corrected chi connectivity index (χ2v) is 23.1. The molecular weight excluding hydrogens is 925 g/mol. The van der Waals surface area contributed by atoms with Gasteiger partial charge in [0.15, 0.2) is 6.10 Å². The molecule has 0 amide bonds. The molecule has 0 aromatic carbocycles. The summed E-state index contributed by atoms with van der Waals surface area (Å²) >= 11 is 0. The van der Waals surface area contributed by atoms with Crippen molar-refractivity contribution in [3.8, 4) is 0 Å². The molecule has 0 heterocycles. The van der Waals surface area contributed by atoms with E-state index in [1.165, 1.54) is 270 Å². The van der Waals surface area contributed by atoms with E-state index in [-0.39, 0.29) is 31.1 Å². The van der Waals surface area contributed by atoms with Crippen LogP contribution < -0.4 is 0 Å². The lowest BCUT2D eigenvalue weighted by atomic mass is 10.0. The van der Waals surface area contributed by atoms with E-state index < -0.39 is 6.10 Å². The average Bonchev–Trinajstić information content (AvgIpc) is 3.41. The number of hydrogen-bond donors (Lipinski definition) is 0. The highest BCUT2D eigenvalue weighted by Crippen LogP contribution is 2.18. The highest BCUT2D eigenvalue weighted by molar-refractivity contribution is 5.71. The first-order chi connectivity index (χ1) is 37.0. The van der Waals surface area contributed by atoms with Gasteiger partial charge in [-0.05, 0) is 51.4 Å². The minimum absolute atomic E-state index is 0.0682. The molecule has 0 rings (SSSR count). The smallest absolute Gasteiger partial charge is 0.306 e. The predicted molar refractivity (Wildman–Crippen MR) is 326 cm³/mol. The molecule has 0 aromatic rings. The van der Waals surface area contributed by atoms with Gasteiger partial charge in [0.05, 0.1) is 0 Å². The Bertz CT molecular complexity index is 1210. The number of carbonyl (C=O) groups is 3. The van der Waals surface area contributed by atoms with E-state index in [0.717, 1.165) is 70.6 Å². The summed E-state index contributed by atoms with van der Waals surface area (Å²) in [5.74, 6) is -0.844. The zero-order valence-corrected chi connectivity index (χ0v) is 50.8. The third-order valence-corrected chi connectivity index (χ3v) is 15.5. The molecule has 0 saturated carbocycles. The molecule has 0 fully saturated rings. The zero-order valence-electron chi connectivity index (χ0n) is 50.8. The van der Waals surface area contributed by atoms with Crippen LogP contribution in [0.15, 0.2) is 24.3 Å². The standard InChI is InChI=1S/C69H130O6/c1-4-7-10-13-16-19-22-25-28-31-33-34-36-39-41-44-47-50-53-56-59-62-68(71)74-65-66(75-69(72)63-60-57-54-51-48-45-42-37-30-27-24-21-18-15-12-9-6-3)64-73-67(70)61-58-55-52-49-46-43-40-38-35-32-29-26-23-20-17-14-11-8-5-2/h18,21,27,30,66H,4-17,19-20,22-26,28-29,31-65H2,1-3H3/b21-18-,30-27-. The largest absolute Gasteiger partial charge is 0.462 e. The van der Waals surface area contributed by atoms with Crippen LogP contribution in [0, 0.1) is 0 Å². The SMILES string of the molecule is CCCCC/C=C\C/C=C\CCCCCCCCCC(=O)OC(COC(=O)CCCCCCCCCCCCCCCCCCCCC)COC(=O)CCCCCCCCCCCCCCCCCCCCCCC. The Morgan fingerprint density at radius 3 is 0.760 bits per heavy atom. The summed E-state index contributed by atoms with van der Waals surface area (Å²) in [6, 6.07) is 0. The monoisotopic (exact) mass is 1050 g/mol. The molecule has 1 unspecified atom stereocenters. The Morgan fingerprint density at radius 2 is 0.480 bits per heavy atom. The lowest BCUT2D eigenvalue weighted by Crippen LogP contribution is -2.30. The molecule has 1 atom stereocenters. The first kappa shape index (κ1) is 72.9. The molecular formula is C69H130O6. The molecule has 0 saturated heterocycles. The Hall–Kier alpha value is -2.11. The van der Waals surface area contributed by atoms with Crippen molar-refractivity contribution >= 4 is 17.9 Å². The fourth-order valence-corrected chi connectivity index (χ4v) is 10.4. The van der Waals surface area contributed by atoms with Gasteiger partial charge in [0.2, 0.25) is 0 Å². The molecule has 6 nitrogen and oxygen atoms in total. The van der Waals surface area contributed by atoms with Crippen molar-refractivity contribution in [1.29, 1.82) is 0 Å². The maximum absolute atomic E-state index is 12.9. The van der Waals surface area contributed by atoms with Crippen LogP contribution in [0.25, 0.3) is 0 Å². The maximum Gasteiger partial charge on any atom is 0.306 e. The van der Waals surface area contributed by atoms with Gasteiger partial charge in [-0.1, -0.05) is 334 Å². The molecule has 0 bridgehead atoms. The lowest BCUT2D eigenvalue weighted by Gasteiger charge is -2.18. The highest BCUT2D eigenvalue weighted by atomic mass is 16.6. The predicted octanol–water partition coefficient (Wildman–Crippen LogP) is 23.0. The Kier molecular flexibility index (Phi) is 62.6. The van der Waals surface area contributed by atoms with Crippen LogP contribution in [0.3, 0.4) is 0 Å². The number of hydrogen-bond acceptors (Lipinski definition) is 6. The van der Waals surface area contributed by atoms with E-state index >= 15 is 0 Å². The van der Waals surface area contributed by atoms with Gasteiger partial charge in [-0.15, -0.1) is 0 Å². The molecule has 0 aliphatic rings. The second kappa shape index (κ2) is 64.4. The van der Waals surface area contributed by atoms with Gasteiger partial charge < -0.3 is 14.2 Å². The van der Waals surface area contributed by atoms with Crippen LogP contribution in [-0.2, 0) is 28.6 Å². The summed E-state index contributed by atoms with van der Waals surface area (Å²) in [6.07, 6.45) is 77.6. The number of rotatable bonds is 63. The molecule has 0 N–H and O–H groups in total. The highest BCUT2D eigenvalue weighted by Gasteiger charge is 2.19. The van der Waals surface area contributed by atoms with Crippen molar-refractivity contribution in [1.82, 2.24) is 0 Å².